The molecule has 5 N–H and O–H groups in total. The van der Waals surface area contributed by atoms with Crippen molar-refractivity contribution in [1.82, 2.24) is 0 Å². The molecule has 0 spiro atoms. The molecule has 0 heterocycles. The van der Waals surface area contributed by atoms with Crippen molar-refractivity contribution in [2.24, 2.45) is 11.6 Å². The SMILES string of the molecule is Cc1ccc(C(F)(F)F)c(COc2ccc(N(N)/C=C(\N)CO)cc2)c1F. The number of benzene rings is 2. The van der Waals surface area contributed by atoms with Crippen molar-refractivity contribution in [2.75, 3.05) is 11.6 Å². The fourth-order valence-corrected chi connectivity index (χ4v) is 2.31. The van der Waals surface area contributed by atoms with Crippen LogP contribution in [-0.4, -0.2) is 11.7 Å². The van der Waals surface area contributed by atoms with Crippen LogP contribution in [0.15, 0.2) is 48.3 Å². The fourth-order valence-electron chi connectivity index (χ4n) is 2.31. The van der Waals surface area contributed by atoms with Crippen LogP contribution in [0, 0.1) is 12.7 Å². The normalized spacial score (nSPS) is 12.2. The zero-order chi connectivity index (χ0) is 20.2. The van der Waals surface area contributed by atoms with Gasteiger partial charge in [-0.05, 0) is 42.8 Å². The zero-order valence-corrected chi connectivity index (χ0v) is 14.4. The molecule has 9 heteroatoms. The van der Waals surface area contributed by atoms with Crippen molar-refractivity contribution in [3.05, 3.63) is 70.8 Å². The first-order chi connectivity index (χ1) is 12.6. The molecular formula is C18H19F4N3O2. The number of rotatable bonds is 6. The Balaban J connectivity index is 2.17. The number of anilines is 1. The number of aliphatic hydroxyl groups excluding tert-OH is 1. The highest BCUT2D eigenvalue weighted by molar-refractivity contribution is 5.50. The number of hydrazine groups is 1. The molecule has 0 bridgehead atoms. The summed E-state index contributed by atoms with van der Waals surface area (Å²) in [5, 5.41) is 10.0. The smallest absolute Gasteiger partial charge is 0.416 e. The van der Waals surface area contributed by atoms with Gasteiger partial charge in [0.1, 0.15) is 18.2 Å². The van der Waals surface area contributed by atoms with Gasteiger partial charge in [-0.2, -0.15) is 13.2 Å². The Morgan fingerprint density at radius 1 is 1.19 bits per heavy atom. The first kappa shape index (κ1) is 20.5. The van der Waals surface area contributed by atoms with Gasteiger partial charge in [-0.3, -0.25) is 5.01 Å². The summed E-state index contributed by atoms with van der Waals surface area (Å²) in [5.41, 5.74) is 4.59. The predicted molar refractivity (Wildman–Crippen MR) is 92.9 cm³/mol. The third-order valence-electron chi connectivity index (χ3n) is 3.75. The standard InChI is InChI=1S/C18H19F4N3O2/c1-11-2-7-16(18(20,21)22)15(17(11)19)10-27-14-5-3-13(4-6-14)25(24)8-12(23)9-26/h2-8,26H,9-10,23-24H2,1H3/b12-8-. The van der Waals surface area contributed by atoms with Crippen molar-refractivity contribution in [3.8, 4) is 5.75 Å². The molecule has 0 amide bonds. The van der Waals surface area contributed by atoms with Gasteiger partial charge in [0.2, 0.25) is 0 Å². The van der Waals surface area contributed by atoms with Crippen molar-refractivity contribution in [2.45, 2.75) is 19.7 Å². The van der Waals surface area contributed by atoms with Gasteiger partial charge >= 0.3 is 6.18 Å². The second-order valence-electron chi connectivity index (χ2n) is 5.77. The van der Waals surface area contributed by atoms with Gasteiger partial charge in [-0.25, -0.2) is 10.2 Å². The van der Waals surface area contributed by atoms with E-state index in [4.69, 9.17) is 21.4 Å². The van der Waals surface area contributed by atoms with Gasteiger partial charge < -0.3 is 15.6 Å². The van der Waals surface area contributed by atoms with E-state index in [0.717, 1.165) is 17.1 Å². The highest BCUT2D eigenvalue weighted by atomic mass is 19.4. The lowest BCUT2D eigenvalue weighted by Crippen LogP contribution is -2.26. The summed E-state index contributed by atoms with van der Waals surface area (Å²) in [5.74, 6) is 5.03. The van der Waals surface area contributed by atoms with Crippen LogP contribution in [0.25, 0.3) is 0 Å². The Kier molecular flexibility index (Phi) is 6.29. The van der Waals surface area contributed by atoms with Gasteiger partial charge in [0.05, 0.1) is 23.6 Å². The lowest BCUT2D eigenvalue weighted by Gasteiger charge is -2.17. The molecular weight excluding hydrogens is 366 g/mol. The van der Waals surface area contributed by atoms with Gasteiger partial charge in [0, 0.05) is 11.8 Å². The minimum absolute atomic E-state index is 0.101. The number of nitrogens with two attached hydrogens (primary N) is 2. The largest absolute Gasteiger partial charge is 0.489 e. The number of alkyl halides is 3. The van der Waals surface area contributed by atoms with Gasteiger partial charge in [0.15, 0.2) is 0 Å². The molecule has 0 aliphatic heterocycles. The van der Waals surface area contributed by atoms with E-state index in [2.05, 4.69) is 0 Å². The zero-order valence-electron chi connectivity index (χ0n) is 14.4. The van der Waals surface area contributed by atoms with E-state index in [1.54, 1.807) is 0 Å². The first-order valence-electron chi connectivity index (χ1n) is 7.82. The highest BCUT2D eigenvalue weighted by Gasteiger charge is 2.35. The predicted octanol–water partition coefficient (Wildman–Crippen LogP) is 3.20. The molecule has 0 aliphatic rings. The van der Waals surface area contributed by atoms with Crippen molar-refractivity contribution >= 4 is 5.69 Å². The summed E-state index contributed by atoms with van der Waals surface area (Å²) in [7, 11) is 0. The number of halogens is 4. The van der Waals surface area contributed by atoms with Gasteiger partial charge in [-0.1, -0.05) is 6.07 Å². The molecule has 0 saturated heterocycles. The van der Waals surface area contributed by atoms with Crippen LogP contribution in [0.4, 0.5) is 23.2 Å². The number of hydrogen-bond acceptors (Lipinski definition) is 5. The lowest BCUT2D eigenvalue weighted by molar-refractivity contribution is -0.138. The third kappa shape index (κ3) is 5.11. The Bertz CT molecular complexity index is 821. The Labute approximate surface area is 153 Å². The average molecular weight is 385 g/mol. The highest BCUT2D eigenvalue weighted by Crippen LogP contribution is 2.34. The molecule has 2 aromatic carbocycles. The minimum Gasteiger partial charge on any atom is -0.489 e. The molecule has 5 nitrogen and oxygen atoms in total. The van der Waals surface area contributed by atoms with Crippen LogP contribution in [-0.2, 0) is 12.8 Å². The topological polar surface area (TPSA) is 84.7 Å². The summed E-state index contributed by atoms with van der Waals surface area (Å²) >= 11 is 0. The van der Waals surface area contributed by atoms with Crippen LogP contribution in [0.2, 0.25) is 0 Å². The summed E-state index contributed by atoms with van der Waals surface area (Å²) in [6, 6.07) is 7.93. The van der Waals surface area contributed by atoms with Crippen LogP contribution in [0.5, 0.6) is 5.75 Å². The van der Waals surface area contributed by atoms with Crippen LogP contribution in [0.3, 0.4) is 0 Å². The van der Waals surface area contributed by atoms with E-state index in [0.29, 0.717) is 5.69 Å². The Morgan fingerprint density at radius 2 is 1.81 bits per heavy atom. The molecule has 27 heavy (non-hydrogen) atoms. The van der Waals surface area contributed by atoms with E-state index in [9.17, 15) is 17.6 Å². The number of ether oxygens (including phenoxy) is 1. The summed E-state index contributed by atoms with van der Waals surface area (Å²) in [4.78, 5) is 0. The average Bonchev–Trinajstić information content (AvgIpc) is 2.62. The number of hydrogen-bond donors (Lipinski definition) is 3. The first-order valence-corrected chi connectivity index (χ1v) is 7.82. The monoisotopic (exact) mass is 385 g/mol. The third-order valence-corrected chi connectivity index (χ3v) is 3.75. The molecule has 2 rings (SSSR count). The molecule has 2 aromatic rings. The van der Waals surface area contributed by atoms with Crippen molar-refractivity contribution in [3.63, 3.8) is 0 Å². The molecule has 146 valence electrons. The second-order valence-corrected chi connectivity index (χ2v) is 5.77. The quantitative estimate of drug-likeness (QED) is 0.404. The molecule has 0 saturated carbocycles. The maximum absolute atomic E-state index is 14.2. The molecule has 0 radical (unpaired) electrons. The maximum Gasteiger partial charge on any atom is 0.416 e. The van der Waals surface area contributed by atoms with E-state index >= 15 is 0 Å². The molecule has 0 atom stereocenters. The van der Waals surface area contributed by atoms with E-state index in [1.807, 2.05) is 0 Å². The van der Waals surface area contributed by atoms with Crippen LogP contribution >= 0.6 is 0 Å². The second kappa shape index (κ2) is 8.28. The summed E-state index contributed by atoms with van der Waals surface area (Å²) in [6.07, 6.45) is -3.37. The van der Waals surface area contributed by atoms with E-state index in [-0.39, 0.29) is 23.6 Å². The number of nitrogens with zero attached hydrogens (tertiary/aromatic N) is 1. The van der Waals surface area contributed by atoms with E-state index < -0.39 is 29.7 Å². The summed E-state index contributed by atoms with van der Waals surface area (Å²) < 4.78 is 58.8. The number of aliphatic hydroxyl groups is 1. The van der Waals surface area contributed by atoms with Crippen LogP contribution < -0.4 is 21.3 Å². The van der Waals surface area contributed by atoms with Crippen molar-refractivity contribution < 1.29 is 27.4 Å². The Morgan fingerprint density at radius 3 is 2.37 bits per heavy atom. The number of aryl methyl sites for hydroxylation is 1. The summed E-state index contributed by atoms with van der Waals surface area (Å²) in [6.45, 7) is 0.444. The fraction of sp³-hybridized carbons (Fsp3) is 0.222. The molecule has 0 fully saturated rings. The molecule has 0 unspecified atom stereocenters. The van der Waals surface area contributed by atoms with Gasteiger partial charge in [-0.15, -0.1) is 0 Å². The van der Waals surface area contributed by atoms with Crippen molar-refractivity contribution in [1.29, 1.82) is 0 Å². The lowest BCUT2D eigenvalue weighted by atomic mass is 10.0. The molecule has 0 aliphatic carbocycles. The van der Waals surface area contributed by atoms with E-state index in [1.165, 1.54) is 37.4 Å². The minimum atomic E-state index is -4.68. The van der Waals surface area contributed by atoms with Crippen LogP contribution in [0.1, 0.15) is 16.7 Å². The Hall–Kier alpha value is -2.78. The maximum atomic E-state index is 14.2. The van der Waals surface area contributed by atoms with Gasteiger partial charge in [0.25, 0.3) is 0 Å². The molecule has 0 aromatic heterocycles.